The van der Waals surface area contributed by atoms with Gasteiger partial charge in [0.15, 0.2) is 0 Å². The first-order valence-electron chi connectivity index (χ1n) is 4.24. The summed E-state index contributed by atoms with van der Waals surface area (Å²) in [5.74, 6) is 0.838. The van der Waals surface area contributed by atoms with Crippen molar-refractivity contribution in [3.63, 3.8) is 0 Å². The fourth-order valence-electron chi connectivity index (χ4n) is 1.40. The average molecular weight is 190 g/mol. The highest BCUT2D eigenvalue weighted by molar-refractivity contribution is 5.65. The van der Waals surface area contributed by atoms with Crippen LogP contribution in [0.1, 0.15) is 5.56 Å². The van der Waals surface area contributed by atoms with Gasteiger partial charge in [-0.1, -0.05) is 17.3 Å². The van der Waals surface area contributed by atoms with Gasteiger partial charge in [-0.05, 0) is 18.1 Å². The molecule has 0 saturated heterocycles. The molecule has 0 unspecified atom stereocenters. The van der Waals surface area contributed by atoms with E-state index in [2.05, 4.69) is 14.9 Å². The molecule has 0 saturated carbocycles. The molecule has 2 rings (SSSR count). The van der Waals surface area contributed by atoms with E-state index in [1.165, 1.54) is 0 Å². The largest absolute Gasteiger partial charge is 0.496 e. The van der Waals surface area contributed by atoms with Gasteiger partial charge < -0.3 is 4.74 Å². The molecule has 4 heteroatoms. The van der Waals surface area contributed by atoms with E-state index in [1.54, 1.807) is 13.3 Å². The molecule has 1 aromatic carbocycles. The Balaban J connectivity index is 2.54. The molecule has 0 N–H and O–H groups in total. The van der Waals surface area contributed by atoms with E-state index in [9.17, 15) is 0 Å². The molecule has 0 bridgehead atoms. The second kappa shape index (κ2) is 3.49. The second-order valence-electron chi connectivity index (χ2n) is 2.93. The number of nitrogens with zero attached hydrogens (tertiary/aromatic N) is 2. The van der Waals surface area contributed by atoms with Crippen molar-refractivity contribution >= 4 is 0 Å². The van der Waals surface area contributed by atoms with Gasteiger partial charge in [0.2, 0.25) is 0 Å². The molecule has 0 atom stereocenters. The van der Waals surface area contributed by atoms with Crippen molar-refractivity contribution in [2.75, 3.05) is 7.11 Å². The maximum Gasteiger partial charge on any atom is 0.135 e. The number of hydrogen-bond donors (Lipinski definition) is 0. The zero-order valence-electron chi connectivity index (χ0n) is 8.02. The monoisotopic (exact) mass is 190 g/mol. The molecule has 0 aliphatic rings. The third kappa shape index (κ3) is 1.35. The number of aromatic nitrogens is 2. The van der Waals surface area contributed by atoms with Crippen LogP contribution in [0.2, 0.25) is 0 Å². The first-order valence-corrected chi connectivity index (χ1v) is 4.24. The molecule has 4 nitrogen and oxygen atoms in total. The summed E-state index contributed by atoms with van der Waals surface area (Å²) in [4.78, 5) is 0. The van der Waals surface area contributed by atoms with Crippen LogP contribution in [-0.4, -0.2) is 17.4 Å². The number of benzene rings is 1. The molecule has 1 heterocycles. The number of rotatable bonds is 2. The van der Waals surface area contributed by atoms with Gasteiger partial charge in [-0.15, -0.1) is 0 Å². The lowest BCUT2D eigenvalue weighted by molar-refractivity contribution is 0.308. The van der Waals surface area contributed by atoms with Crippen molar-refractivity contribution in [1.29, 1.82) is 0 Å². The molecule has 0 aliphatic heterocycles. The Morgan fingerprint density at radius 3 is 2.86 bits per heavy atom. The van der Waals surface area contributed by atoms with Crippen molar-refractivity contribution in [1.82, 2.24) is 10.3 Å². The molecular weight excluding hydrogens is 180 g/mol. The number of hydrogen-bond acceptors (Lipinski definition) is 4. The lowest BCUT2D eigenvalue weighted by Gasteiger charge is -2.06. The highest BCUT2D eigenvalue weighted by Crippen LogP contribution is 2.27. The molecule has 72 valence electrons. The zero-order valence-corrected chi connectivity index (χ0v) is 8.02. The van der Waals surface area contributed by atoms with E-state index in [0.29, 0.717) is 0 Å². The minimum atomic E-state index is 0.724. The van der Waals surface area contributed by atoms with Crippen molar-refractivity contribution in [2.45, 2.75) is 6.92 Å². The van der Waals surface area contributed by atoms with Crippen LogP contribution in [0.3, 0.4) is 0 Å². The quantitative estimate of drug-likeness (QED) is 0.727. The summed E-state index contributed by atoms with van der Waals surface area (Å²) in [5.41, 5.74) is 2.73. The Morgan fingerprint density at radius 2 is 2.21 bits per heavy atom. The fourth-order valence-corrected chi connectivity index (χ4v) is 1.40. The van der Waals surface area contributed by atoms with Crippen molar-refractivity contribution in [3.05, 3.63) is 30.0 Å². The van der Waals surface area contributed by atoms with Crippen molar-refractivity contribution in [3.8, 4) is 17.0 Å². The van der Waals surface area contributed by atoms with Gasteiger partial charge in [0.25, 0.3) is 0 Å². The van der Waals surface area contributed by atoms with Gasteiger partial charge in [0.05, 0.1) is 13.3 Å². The predicted molar refractivity (Wildman–Crippen MR) is 51.0 cm³/mol. The molecule has 0 aliphatic carbocycles. The smallest absolute Gasteiger partial charge is 0.135 e. The third-order valence-corrected chi connectivity index (χ3v) is 2.14. The Kier molecular flexibility index (Phi) is 2.18. The SMILES string of the molecule is COc1cccc(-c2cnon2)c1C. The van der Waals surface area contributed by atoms with E-state index < -0.39 is 0 Å². The Morgan fingerprint density at radius 1 is 1.36 bits per heavy atom. The topological polar surface area (TPSA) is 48.2 Å². The lowest BCUT2D eigenvalue weighted by atomic mass is 10.1. The summed E-state index contributed by atoms with van der Waals surface area (Å²) in [6.07, 6.45) is 1.59. The second-order valence-corrected chi connectivity index (χ2v) is 2.93. The van der Waals surface area contributed by atoms with E-state index in [1.807, 2.05) is 25.1 Å². The number of ether oxygens (including phenoxy) is 1. The third-order valence-electron chi connectivity index (χ3n) is 2.14. The van der Waals surface area contributed by atoms with E-state index >= 15 is 0 Å². The average Bonchev–Trinajstić information content (AvgIpc) is 2.71. The van der Waals surface area contributed by atoms with Crippen molar-refractivity contribution < 1.29 is 9.37 Å². The molecule has 0 radical (unpaired) electrons. The molecule has 14 heavy (non-hydrogen) atoms. The Hall–Kier alpha value is -1.84. The molecule has 0 amide bonds. The predicted octanol–water partition coefficient (Wildman–Crippen LogP) is 2.05. The summed E-state index contributed by atoms with van der Waals surface area (Å²) in [6.45, 7) is 1.98. The summed E-state index contributed by atoms with van der Waals surface area (Å²) in [7, 11) is 1.65. The van der Waals surface area contributed by atoms with Gasteiger partial charge in [-0.3, -0.25) is 0 Å². The first kappa shape index (κ1) is 8.74. The maximum atomic E-state index is 5.20. The molecule has 0 fully saturated rings. The minimum absolute atomic E-state index is 0.724. The minimum Gasteiger partial charge on any atom is -0.496 e. The fraction of sp³-hybridized carbons (Fsp3) is 0.200. The van der Waals surface area contributed by atoms with Crippen LogP contribution in [0.25, 0.3) is 11.3 Å². The molecular formula is C10H10N2O2. The van der Waals surface area contributed by atoms with Crippen LogP contribution < -0.4 is 4.74 Å². The highest BCUT2D eigenvalue weighted by atomic mass is 16.6. The summed E-state index contributed by atoms with van der Waals surface area (Å²) >= 11 is 0. The molecule has 0 spiro atoms. The Labute approximate surface area is 81.5 Å². The summed E-state index contributed by atoms with van der Waals surface area (Å²) < 4.78 is 9.76. The van der Waals surface area contributed by atoms with Crippen LogP contribution in [0, 0.1) is 6.92 Å². The van der Waals surface area contributed by atoms with Gasteiger partial charge in [-0.25, -0.2) is 4.63 Å². The van der Waals surface area contributed by atoms with Crippen LogP contribution in [0.15, 0.2) is 29.0 Å². The van der Waals surface area contributed by atoms with E-state index in [0.717, 1.165) is 22.6 Å². The maximum absolute atomic E-state index is 5.20. The van der Waals surface area contributed by atoms with Gasteiger partial charge in [0, 0.05) is 11.1 Å². The van der Waals surface area contributed by atoms with Crippen LogP contribution in [0.5, 0.6) is 5.75 Å². The first-order chi connectivity index (χ1) is 6.83. The lowest BCUT2D eigenvalue weighted by Crippen LogP contribution is -1.89. The standard InChI is InChI=1S/C10H10N2O2/c1-7-8(9-6-11-14-12-9)4-3-5-10(7)13-2/h3-6H,1-2H3. The zero-order chi connectivity index (χ0) is 9.97. The number of methoxy groups -OCH3 is 1. The molecule has 2 aromatic rings. The van der Waals surface area contributed by atoms with Crippen LogP contribution >= 0.6 is 0 Å². The molecule has 1 aromatic heterocycles. The summed E-state index contributed by atoms with van der Waals surface area (Å²) in [6, 6.07) is 5.78. The van der Waals surface area contributed by atoms with Gasteiger partial charge >= 0.3 is 0 Å². The van der Waals surface area contributed by atoms with Crippen LogP contribution in [0.4, 0.5) is 0 Å². The van der Waals surface area contributed by atoms with Gasteiger partial charge in [-0.2, -0.15) is 0 Å². The van der Waals surface area contributed by atoms with Crippen LogP contribution in [-0.2, 0) is 0 Å². The summed E-state index contributed by atoms with van der Waals surface area (Å²) in [5, 5.41) is 7.35. The van der Waals surface area contributed by atoms with Gasteiger partial charge in [0.1, 0.15) is 11.4 Å². The normalized spacial score (nSPS) is 10.1. The van der Waals surface area contributed by atoms with Crippen molar-refractivity contribution in [2.24, 2.45) is 0 Å². The van der Waals surface area contributed by atoms with E-state index in [-0.39, 0.29) is 0 Å². The highest BCUT2D eigenvalue weighted by Gasteiger charge is 2.08. The van der Waals surface area contributed by atoms with E-state index in [4.69, 9.17) is 4.74 Å². The Bertz CT molecular complexity index is 424.